The van der Waals surface area contributed by atoms with E-state index in [1.165, 1.54) is 12.8 Å². The number of hydrogen-bond acceptors (Lipinski definition) is 4. The second-order valence-corrected chi connectivity index (χ2v) is 15.7. The van der Waals surface area contributed by atoms with Gasteiger partial charge in [0.1, 0.15) is 6.07 Å². The van der Waals surface area contributed by atoms with E-state index < -0.39 is 10.8 Å². The number of rotatable bonds is 12. The summed E-state index contributed by atoms with van der Waals surface area (Å²) in [5.41, 5.74) is 0.0195. The van der Waals surface area contributed by atoms with Crippen LogP contribution in [0.3, 0.4) is 0 Å². The summed E-state index contributed by atoms with van der Waals surface area (Å²) in [6.07, 6.45) is 12.9. The van der Waals surface area contributed by atoms with Gasteiger partial charge in [0.25, 0.3) is 0 Å². The van der Waals surface area contributed by atoms with Gasteiger partial charge in [0, 0.05) is 17.4 Å². The van der Waals surface area contributed by atoms with Crippen LogP contribution in [0.15, 0.2) is 23.3 Å². The molecule has 1 saturated carbocycles. The second-order valence-electron chi connectivity index (χ2n) is 15.7. The summed E-state index contributed by atoms with van der Waals surface area (Å²) in [7, 11) is 0. The molecule has 0 radical (unpaired) electrons. The van der Waals surface area contributed by atoms with Gasteiger partial charge in [0.05, 0.1) is 5.57 Å². The molecular weight excluding hydrogens is 482 g/mol. The van der Waals surface area contributed by atoms with Crippen molar-refractivity contribution in [2.75, 3.05) is 6.61 Å². The molecular formula is C35H57NO3. The van der Waals surface area contributed by atoms with E-state index in [0.29, 0.717) is 5.41 Å². The van der Waals surface area contributed by atoms with Gasteiger partial charge in [-0.1, -0.05) is 87.3 Å². The zero-order valence-electron chi connectivity index (χ0n) is 27.0. The second kappa shape index (κ2) is 11.6. The molecule has 0 unspecified atom stereocenters. The molecule has 0 spiro atoms. The Morgan fingerprint density at radius 1 is 1.05 bits per heavy atom. The van der Waals surface area contributed by atoms with E-state index in [2.05, 4.69) is 61.5 Å². The van der Waals surface area contributed by atoms with Crippen molar-refractivity contribution in [3.63, 3.8) is 0 Å². The van der Waals surface area contributed by atoms with Crippen LogP contribution in [0.4, 0.5) is 0 Å². The summed E-state index contributed by atoms with van der Waals surface area (Å²) in [5, 5.41) is 19.9. The highest BCUT2D eigenvalue weighted by Gasteiger charge is 2.61. The summed E-state index contributed by atoms with van der Waals surface area (Å²) in [6, 6.07) is 2.18. The molecule has 2 aliphatic carbocycles. The molecule has 0 aromatic carbocycles. The van der Waals surface area contributed by atoms with Crippen molar-refractivity contribution in [1.29, 1.82) is 5.26 Å². The smallest absolute Gasteiger partial charge is 0.178 e. The van der Waals surface area contributed by atoms with E-state index in [1.54, 1.807) is 6.92 Å². The molecule has 0 bridgehead atoms. The van der Waals surface area contributed by atoms with Crippen molar-refractivity contribution >= 4 is 11.6 Å². The van der Waals surface area contributed by atoms with E-state index in [9.17, 15) is 20.0 Å². The summed E-state index contributed by atoms with van der Waals surface area (Å²) in [6.45, 7) is 24.2. The molecule has 0 aromatic heterocycles. The molecule has 4 heteroatoms. The molecule has 0 heterocycles. The SMILES string of the molecule is CCCC(C)(C)CC[C@](C)(CCO)CCC(C)(C)[C@]1(C)CC[C@H]2C(C)(C)C(=O)C(C#N)=C[C@]2(C)/C1=C/C(C)=O. The fourth-order valence-electron chi connectivity index (χ4n) is 8.09. The fourth-order valence-corrected chi connectivity index (χ4v) is 8.09. The molecule has 0 aliphatic heterocycles. The molecule has 0 saturated heterocycles. The van der Waals surface area contributed by atoms with Crippen LogP contribution >= 0.6 is 0 Å². The minimum atomic E-state index is -0.666. The number of Topliss-reactive ketones (excluding diaryl/α,β-unsaturated/α-hetero) is 1. The van der Waals surface area contributed by atoms with Gasteiger partial charge in [-0.3, -0.25) is 9.59 Å². The highest BCUT2D eigenvalue weighted by molar-refractivity contribution is 6.04. The van der Waals surface area contributed by atoms with Crippen LogP contribution in [0.5, 0.6) is 0 Å². The van der Waals surface area contributed by atoms with Crippen LogP contribution in [0, 0.1) is 49.7 Å². The minimum Gasteiger partial charge on any atom is -0.396 e. The van der Waals surface area contributed by atoms with E-state index in [1.807, 2.05) is 26.0 Å². The third-order valence-corrected chi connectivity index (χ3v) is 11.3. The minimum absolute atomic E-state index is 0.0128. The van der Waals surface area contributed by atoms with Gasteiger partial charge in [0.15, 0.2) is 11.6 Å². The highest BCUT2D eigenvalue weighted by atomic mass is 16.3. The van der Waals surface area contributed by atoms with Crippen LogP contribution in [-0.4, -0.2) is 23.3 Å². The number of ketones is 2. The van der Waals surface area contributed by atoms with Crippen molar-refractivity contribution in [2.24, 2.45) is 38.4 Å². The van der Waals surface area contributed by atoms with Crippen LogP contribution in [0.2, 0.25) is 0 Å². The van der Waals surface area contributed by atoms with Crippen LogP contribution in [0.25, 0.3) is 0 Å². The molecule has 2 aliphatic rings. The average molecular weight is 540 g/mol. The van der Waals surface area contributed by atoms with Gasteiger partial charge in [0.2, 0.25) is 0 Å². The average Bonchev–Trinajstić information content (AvgIpc) is 2.81. The van der Waals surface area contributed by atoms with Crippen molar-refractivity contribution in [2.45, 2.75) is 134 Å². The van der Waals surface area contributed by atoms with Crippen molar-refractivity contribution < 1.29 is 14.7 Å². The maximum atomic E-state index is 13.2. The van der Waals surface area contributed by atoms with Crippen molar-refractivity contribution in [3.05, 3.63) is 23.3 Å². The van der Waals surface area contributed by atoms with Crippen molar-refractivity contribution in [1.82, 2.24) is 0 Å². The quantitative estimate of drug-likeness (QED) is 0.251. The molecule has 220 valence electrons. The molecule has 0 amide bonds. The van der Waals surface area contributed by atoms with E-state index in [-0.39, 0.29) is 45.9 Å². The largest absolute Gasteiger partial charge is 0.396 e. The predicted molar refractivity (Wildman–Crippen MR) is 161 cm³/mol. The normalized spacial score (nSPS) is 29.8. The Balaban J connectivity index is 2.50. The van der Waals surface area contributed by atoms with Crippen molar-refractivity contribution in [3.8, 4) is 6.07 Å². The lowest BCUT2D eigenvalue weighted by atomic mass is 9.42. The standard InChI is InChI=1S/C35H57NO3/c1-12-14-30(3,4)16-18-33(9,20-21-37)19-17-31(5,6)35(11)15-13-27-32(7,8)29(39)26(24-36)23-34(27,10)28(35)22-25(2)38/h22-23,27,37H,12-21H2,1-11H3/b28-22-/t27-,33-,34-,35+/m0/s1. The molecule has 39 heavy (non-hydrogen) atoms. The first-order valence-electron chi connectivity index (χ1n) is 15.3. The van der Waals surface area contributed by atoms with Gasteiger partial charge in [-0.05, 0) is 91.9 Å². The predicted octanol–water partition coefficient (Wildman–Crippen LogP) is 8.78. The van der Waals surface area contributed by atoms with Gasteiger partial charge in [-0.15, -0.1) is 0 Å². The Labute approximate surface area is 239 Å². The first-order chi connectivity index (χ1) is 17.7. The third kappa shape index (κ3) is 6.61. The van der Waals surface area contributed by atoms with E-state index in [4.69, 9.17) is 0 Å². The van der Waals surface area contributed by atoms with Gasteiger partial charge < -0.3 is 5.11 Å². The summed E-state index contributed by atoms with van der Waals surface area (Å²) in [5.74, 6) is -0.0356. The van der Waals surface area contributed by atoms with Crippen LogP contribution in [-0.2, 0) is 9.59 Å². The number of aliphatic hydroxyl groups excluding tert-OH is 1. The zero-order valence-corrected chi connectivity index (χ0v) is 27.0. The van der Waals surface area contributed by atoms with Crippen LogP contribution in [0.1, 0.15) is 134 Å². The first kappa shape index (κ1) is 33.5. The number of nitriles is 1. The first-order valence-corrected chi connectivity index (χ1v) is 15.3. The number of carbonyl (C=O) groups is 2. The Morgan fingerprint density at radius 3 is 2.15 bits per heavy atom. The Morgan fingerprint density at radius 2 is 1.64 bits per heavy atom. The number of hydrogen-bond donors (Lipinski definition) is 1. The van der Waals surface area contributed by atoms with Gasteiger partial charge in [-0.2, -0.15) is 5.26 Å². The highest BCUT2D eigenvalue weighted by Crippen LogP contribution is 2.67. The maximum Gasteiger partial charge on any atom is 0.178 e. The topological polar surface area (TPSA) is 78.2 Å². The summed E-state index contributed by atoms with van der Waals surface area (Å²) >= 11 is 0. The fraction of sp³-hybridized carbons (Fsp3) is 0.800. The summed E-state index contributed by atoms with van der Waals surface area (Å²) in [4.78, 5) is 25.9. The molecule has 1 fully saturated rings. The lowest BCUT2D eigenvalue weighted by Gasteiger charge is -2.61. The van der Waals surface area contributed by atoms with Crippen LogP contribution < -0.4 is 0 Å². The Hall–Kier alpha value is -1.73. The number of nitrogens with zero attached hydrogens (tertiary/aromatic N) is 1. The van der Waals surface area contributed by atoms with Gasteiger partial charge in [-0.25, -0.2) is 0 Å². The molecule has 4 atom stereocenters. The molecule has 1 N–H and O–H groups in total. The number of aliphatic hydroxyl groups is 1. The maximum absolute atomic E-state index is 13.2. The lowest BCUT2D eigenvalue weighted by molar-refractivity contribution is -0.131. The van der Waals surface area contributed by atoms with Gasteiger partial charge >= 0.3 is 0 Å². The third-order valence-electron chi connectivity index (χ3n) is 11.3. The monoisotopic (exact) mass is 539 g/mol. The molecule has 2 rings (SSSR count). The molecule has 4 nitrogen and oxygen atoms in total. The lowest BCUT2D eigenvalue weighted by Crippen LogP contribution is -2.55. The number of fused-ring (bicyclic) bond motifs is 1. The van der Waals surface area contributed by atoms with E-state index >= 15 is 0 Å². The van der Waals surface area contributed by atoms with E-state index in [0.717, 1.165) is 50.5 Å². The number of carbonyl (C=O) groups excluding carboxylic acids is 2. The zero-order chi connectivity index (χ0) is 30.1. The Kier molecular flexibility index (Phi) is 9.99. The summed E-state index contributed by atoms with van der Waals surface area (Å²) < 4.78 is 0. The molecule has 0 aromatic rings. The number of allylic oxidation sites excluding steroid dienone is 4. The Bertz CT molecular complexity index is 1040.